The van der Waals surface area contributed by atoms with E-state index in [1.54, 1.807) is 36.1 Å². The third kappa shape index (κ3) is 2.69. The third-order valence-electron chi connectivity index (χ3n) is 3.97. The molecule has 2 aromatic rings. The molecule has 0 radical (unpaired) electrons. The number of carbonyl (C=O) groups is 1. The van der Waals surface area contributed by atoms with Crippen molar-refractivity contribution in [1.29, 1.82) is 0 Å². The number of benzene rings is 1. The van der Waals surface area contributed by atoms with Gasteiger partial charge in [0.05, 0.1) is 31.0 Å². The second-order valence-electron chi connectivity index (χ2n) is 5.54. The Morgan fingerprint density at radius 3 is 2.95 bits per heavy atom. The Kier molecular flexibility index (Phi) is 3.85. The molecule has 0 saturated carbocycles. The van der Waals surface area contributed by atoms with Gasteiger partial charge in [-0.1, -0.05) is 12.1 Å². The van der Waals surface area contributed by atoms with E-state index in [9.17, 15) is 9.90 Å². The van der Waals surface area contributed by atoms with Gasteiger partial charge in [-0.15, -0.1) is 0 Å². The first-order chi connectivity index (χ1) is 10.6. The molecule has 3 rings (SSSR count). The number of carbonyl (C=O) groups excluding carboxylic acids is 1. The first-order valence-corrected chi connectivity index (χ1v) is 7.20. The molecule has 0 unspecified atom stereocenters. The summed E-state index contributed by atoms with van der Waals surface area (Å²) in [5.74, 6) is 0.630. The van der Waals surface area contributed by atoms with Gasteiger partial charge in [-0.25, -0.2) is 0 Å². The Morgan fingerprint density at radius 2 is 2.27 bits per heavy atom. The van der Waals surface area contributed by atoms with Crippen molar-refractivity contribution in [2.75, 3.05) is 13.7 Å². The zero-order valence-corrected chi connectivity index (χ0v) is 12.6. The molecule has 2 heterocycles. The van der Waals surface area contributed by atoms with E-state index in [1.165, 1.54) is 0 Å². The molecule has 1 N–H and O–H groups in total. The molecule has 0 aliphatic carbocycles. The Bertz CT molecular complexity index is 683. The second kappa shape index (κ2) is 5.81. The second-order valence-corrected chi connectivity index (χ2v) is 5.54. The molecule has 1 amide bonds. The number of β-amino-alcohol motifs (C(OH)–C–C–N with tert-alkyl or cyclic N) is 1. The number of aryl methyl sites for hydroxylation is 1. The van der Waals surface area contributed by atoms with Gasteiger partial charge in [-0.2, -0.15) is 5.10 Å². The number of nitrogens with zero attached hydrogens (tertiary/aromatic N) is 3. The Balaban J connectivity index is 1.90. The summed E-state index contributed by atoms with van der Waals surface area (Å²) in [6, 6.07) is 7.46. The zero-order chi connectivity index (χ0) is 15.7. The molecule has 1 aromatic carbocycles. The van der Waals surface area contributed by atoms with Crippen molar-refractivity contribution in [3.63, 3.8) is 0 Å². The normalized spacial score (nSPS) is 21.1. The molecule has 1 fully saturated rings. The van der Waals surface area contributed by atoms with Crippen LogP contribution in [0.3, 0.4) is 0 Å². The van der Waals surface area contributed by atoms with Crippen LogP contribution < -0.4 is 4.74 Å². The minimum Gasteiger partial charge on any atom is -0.497 e. The van der Waals surface area contributed by atoms with Crippen molar-refractivity contribution in [3.8, 4) is 5.75 Å². The number of methoxy groups -OCH3 is 1. The Morgan fingerprint density at radius 1 is 1.45 bits per heavy atom. The van der Waals surface area contributed by atoms with Gasteiger partial charge in [-0.05, 0) is 24.1 Å². The summed E-state index contributed by atoms with van der Waals surface area (Å²) in [4.78, 5) is 14.4. The predicted octanol–water partition coefficient (Wildman–Crippen LogP) is 1.38. The maximum Gasteiger partial charge on any atom is 0.257 e. The lowest BCUT2D eigenvalue weighted by Gasteiger charge is -2.24. The van der Waals surface area contributed by atoms with E-state index in [0.717, 1.165) is 11.3 Å². The van der Waals surface area contributed by atoms with Crippen molar-refractivity contribution in [2.45, 2.75) is 18.6 Å². The van der Waals surface area contributed by atoms with Crippen molar-refractivity contribution >= 4 is 5.91 Å². The number of aliphatic hydroxyl groups is 1. The van der Waals surface area contributed by atoms with Gasteiger partial charge in [0.25, 0.3) is 5.91 Å². The van der Waals surface area contributed by atoms with Gasteiger partial charge in [0.15, 0.2) is 0 Å². The number of aromatic nitrogens is 2. The van der Waals surface area contributed by atoms with E-state index in [1.807, 2.05) is 24.3 Å². The zero-order valence-electron chi connectivity index (χ0n) is 12.6. The molecule has 22 heavy (non-hydrogen) atoms. The van der Waals surface area contributed by atoms with Crippen LogP contribution in [0.25, 0.3) is 0 Å². The minimum absolute atomic E-state index is 0.113. The Labute approximate surface area is 128 Å². The van der Waals surface area contributed by atoms with Gasteiger partial charge >= 0.3 is 0 Å². The third-order valence-corrected chi connectivity index (χ3v) is 3.97. The molecule has 1 aliphatic heterocycles. The predicted molar refractivity (Wildman–Crippen MR) is 80.6 cm³/mol. The van der Waals surface area contributed by atoms with E-state index in [4.69, 9.17) is 4.74 Å². The highest BCUT2D eigenvalue weighted by Crippen LogP contribution is 2.34. The number of amides is 1. The van der Waals surface area contributed by atoms with E-state index in [2.05, 4.69) is 5.10 Å². The lowest BCUT2D eigenvalue weighted by atomic mass is 10.0. The average molecular weight is 301 g/mol. The molecular weight excluding hydrogens is 282 g/mol. The van der Waals surface area contributed by atoms with Crippen LogP contribution >= 0.6 is 0 Å². The minimum atomic E-state index is -0.517. The summed E-state index contributed by atoms with van der Waals surface area (Å²) in [6.45, 7) is 0.329. The average Bonchev–Trinajstić information content (AvgIpc) is 3.12. The molecule has 1 aliphatic rings. The lowest BCUT2D eigenvalue weighted by Crippen LogP contribution is -2.31. The number of hydrogen-bond acceptors (Lipinski definition) is 4. The maximum atomic E-state index is 12.7. The molecule has 1 aromatic heterocycles. The van der Waals surface area contributed by atoms with E-state index in [0.29, 0.717) is 18.5 Å². The van der Waals surface area contributed by atoms with Crippen molar-refractivity contribution < 1.29 is 14.6 Å². The van der Waals surface area contributed by atoms with Gasteiger partial charge in [0.1, 0.15) is 5.75 Å². The van der Waals surface area contributed by atoms with E-state index in [-0.39, 0.29) is 11.9 Å². The maximum absolute atomic E-state index is 12.7. The Hall–Kier alpha value is -2.34. The fraction of sp³-hybridized carbons (Fsp3) is 0.375. The molecular formula is C16H19N3O3. The van der Waals surface area contributed by atoms with Crippen molar-refractivity contribution in [1.82, 2.24) is 14.7 Å². The summed E-state index contributed by atoms with van der Waals surface area (Å²) < 4.78 is 6.84. The number of ether oxygens (including phenoxy) is 1. The fourth-order valence-corrected chi connectivity index (χ4v) is 2.90. The largest absolute Gasteiger partial charge is 0.497 e. The highest BCUT2D eigenvalue weighted by Gasteiger charge is 2.36. The summed E-state index contributed by atoms with van der Waals surface area (Å²) >= 11 is 0. The smallest absolute Gasteiger partial charge is 0.257 e. The molecule has 1 saturated heterocycles. The standard InChI is InChI=1S/C16H19N3O3/c1-18-9-12(8-17-18)16(21)19-10-13(20)7-15(19)11-4-3-5-14(6-11)22-2/h3-6,8-9,13,15,20H,7,10H2,1-2H3/t13-,15+/m1/s1. The monoisotopic (exact) mass is 301 g/mol. The first kappa shape index (κ1) is 14.6. The summed E-state index contributed by atoms with van der Waals surface area (Å²) in [5, 5.41) is 14.1. The van der Waals surface area contributed by atoms with Crippen LogP contribution in [0.5, 0.6) is 5.75 Å². The van der Waals surface area contributed by atoms with Crippen molar-refractivity contribution in [2.24, 2.45) is 7.05 Å². The van der Waals surface area contributed by atoms with Crippen LogP contribution in [0.1, 0.15) is 28.4 Å². The summed E-state index contributed by atoms with van der Waals surface area (Å²) in [6.07, 6.45) is 3.25. The van der Waals surface area contributed by atoms with Crippen LogP contribution in [-0.2, 0) is 7.05 Å². The number of likely N-dealkylation sites (tertiary alicyclic amines) is 1. The van der Waals surface area contributed by atoms with Crippen molar-refractivity contribution in [3.05, 3.63) is 47.8 Å². The summed E-state index contributed by atoms with van der Waals surface area (Å²) in [5.41, 5.74) is 1.50. The molecule has 116 valence electrons. The van der Waals surface area contributed by atoms with Gasteiger partial charge in [-0.3, -0.25) is 9.48 Å². The van der Waals surface area contributed by atoms with Crippen LogP contribution in [0, 0.1) is 0 Å². The van der Waals surface area contributed by atoms with Crippen LogP contribution in [0.2, 0.25) is 0 Å². The van der Waals surface area contributed by atoms with Gasteiger partial charge in [0.2, 0.25) is 0 Å². The van der Waals surface area contributed by atoms with E-state index < -0.39 is 6.10 Å². The summed E-state index contributed by atoms with van der Waals surface area (Å²) in [7, 11) is 3.39. The molecule has 0 spiro atoms. The number of rotatable bonds is 3. The quantitative estimate of drug-likeness (QED) is 0.930. The number of aliphatic hydroxyl groups excluding tert-OH is 1. The highest BCUT2D eigenvalue weighted by molar-refractivity contribution is 5.94. The first-order valence-electron chi connectivity index (χ1n) is 7.20. The van der Waals surface area contributed by atoms with E-state index >= 15 is 0 Å². The lowest BCUT2D eigenvalue weighted by molar-refractivity contribution is 0.0715. The fourth-order valence-electron chi connectivity index (χ4n) is 2.90. The van der Waals surface area contributed by atoms with Gasteiger partial charge in [0, 0.05) is 19.8 Å². The number of hydrogen-bond donors (Lipinski definition) is 1. The van der Waals surface area contributed by atoms with Gasteiger partial charge < -0.3 is 14.7 Å². The molecule has 6 nitrogen and oxygen atoms in total. The SMILES string of the molecule is COc1cccc([C@@H]2C[C@@H](O)CN2C(=O)c2cnn(C)c2)c1. The van der Waals surface area contributed by atoms with Crippen LogP contribution in [0.15, 0.2) is 36.7 Å². The molecule has 0 bridgehead atoms. The highest BCUT2D eigenvalue weighted by atomic mass is 16.5. The van der Waals surface area contributed by atoms with Crippen LogP contribution in [-0.4, -0.2) is 45.5 Å². The topological polar surface area (TPSA) is 67.6 Å². The molecule has 2 atom stereocenters. The van der Waals surface area contributed by atoms with Crippen LogP contribution in [0.4, 0.5) is 0 Å². The molecule has 6 heteroatoms.